The van der Waals surface area contributed by atoms with Crippen LogP contribution in [0, 0.1) is 5.82 Å². The summed E-state index contributed by atoms with van der Waals surface area (Å²) in [4.78, 5) is 0. The van der Waals surface area contributed by atoms with Crippen molar-refractivity contribution in [2.45, 2.75) is 0 Å². The number of nitrogen functional groups attached to an aromatic ring is 1. The molecule has 1 heterocycles. The average molecular weight is 227 g/mol. The van der Waals surface area contributed by atoms with Gasteiger partial charge in [0, 0.05) is 0 Å². The lowest BCUT2D eigenvalue weighted by molar-refractivity contribution is 0.632. The summed E-state index contributed by atoms with van der Waals surface area (Å²) in [5.74, 6) is -0.172. The number of nitrogens with one attached hydrogen (secondary N) is 2. The molecule has 2 aromatic rings. The van der Waals surface area contributed by atoms with E-state index in [1.54, 1.807) is 12.1 Å². The third kappa shape index (κ3) is 1.87. The molecule has 1 aromatic heterocycles. The largest absolute Gasteiger partial charge is 0.382 e. The number of aromatic amines is 1. The summed E-state index contributed by atoms with van der Waals surface area (Å²) in [6, 6.07) is 4.68. The highest BCUT2D eigenvalue weighted by molar-refractivity contribution is 6.31. The zero-order valence-corrected chi connectivity index (χ0v) is 8.35. The van der Waals surface area contributed by atoms with Gasteiger partial charge in [0.25, 0.3) is 0 Å². The van der Waals surface area contributed by atoms with Crippen molar-refractivity contribution in [2.75, 3.05) is 11.1 Å². The van der Waals surface area contributed by atoms with Crippen LogP contribution in [0.1, 0.15) is 0 Å². The number of halogens is 2. The van der Waals surface area contributed by atoms with E-state index in [9.17, 15) is 4.39 Å². The van der Waals surface area contributed by atoms with Crippen LogP contribution in [0.4, 0.5) is 21.6 Å². The van der Waals surface area contributed by atoms with E-state index in [4.69, 9.17) is 17.3 Å². The summed E-state index contributed by atoms with van der Waals surface area (Å²) in [5, 5.41) is 9.08. The first kappa shape index (κ1) is 9.79. The molecule has 4 nitrogen and oxygen atoms in total. The number of nitrogens with two attached hydrogens (primary N) is 1. The Kier molecular flexibility index (Phi) is 2.47. The summed E-state index contributed by atoms with van der Waals surface area (Å²) in [6.07, 6.45) is 1.47. The maximum atomic E-state index is 13.5. The van der Waals surface area contributed by atoms with Crippen molar-refractivity contribution in [2.24, 2.45) is 0 Å². The molecule has 4 N–H and O–H groups in total. The Balaban J connectivity index is 2.33. The number of aromatic nitrogens is 2. The minimum atomic E-state index is -0.514. The summed E-state index contributed by atoms with van der Waals surface area (Å²) < 4.78 is 13.5. The van der Waals surface area contributed by atoms with E-state index in [0.717, 1.165) is 0 Å². The number of hydrogen-bond acceptors (Lipinski definition) is 3. The third-order valence-corrected chi connectivity index (χ3v) is 2.18. The highest BCUT2D eigenvalue weighted by Crippen LogP contribution is 2.26. The van der Waals surface area contributed by atoms with Gasteiger partial charge < -0.3 is 11.1 Å². The second kappa shape index (κ2) is 3.78. The standard InChI is InChI=1S/C9H8ClFN4/c10-5-2-1-3-6(8(5)11)14-7-4-13-15-9(7)12/h1-4,14H,(H3,12,13,15). The first-order chi connectivity index (χ1) is 7.18. The van der Waals surface area contributed by atoms with Gasteiger partial charge in [0.15, 0.2) is 5.82 Å². The molecule has 0 atom stereocenters. The number of anilines is 3. The van der Waals surface area contributed by atoms with Crippen molar-refractivity contribution < 1.29 is 4.39 Å². The minimum absolute atomic E-state index is 0.0575. The van der Waals surface area contributed by atoms with Crippen LogP contribution in [0.15, 0.2) is 24.4 Å². The average Bonchev–Trinajstić information content (AvgIpc) is 2.60. The fourth-order valence-electron chi connectivity index (χ4n) is 1.14. The quantitative estimate of drug-likeness (QED) is 0.737. The van der Waals surface area contributed by atoms with Crippen molar-refractivity contribution >= 4 is 28.8 Å². The van der Waals surface area contributed by atoms with Gasteiger partial charge in [-0.25, -0.2) is 4.39 Å². The van der Waals surface area contributed by atoms with Crippen LogP contribution in [0.5, 0.6) is 0 Å². The smallest absolute Gasteiger partial charge is 0.165 e. The number of nitrogens with zero attached hydrogens (tertiary/aromatic N) is 1. The molecule has 0 spiro atoms. The van der Waals surface area contributed by atoms with Crippen LogP contribution in [-0.2, 0) is 0 Å². The molecule has 0 aliphatic heterocycles. The third-order valence-electron chi connectivity index (χ3n) is 1.89. The highest BCUT2D eigenvalue weighted by atomic mass is 35.5. The van der Waals surface area contributed by atoms with Gasteiger partial charge in [-0.15, -0.1) is 0 Å². The second-order valence-corrected chi connectivity index (χ2v) is 3.33. The second-order valence-electron chi connectivity index (χ2n) is 2.92. The van der Waals surface area contributed by atoms with Crippen LogP contribution < -0.4 is 11.1 Å². The van der Waals surface area contributed by atoms with E-state index in [1.165, 1.54) is 12.3 Å². The van der Waals surface area contributed by atoms with Crippen molar-refractivity contribution in [1.82, 2.24) is 10.2 Å². The van der Waals surface area contributed by atoms with Crippen LogP contribution >= 0.6 is 11.6 Å². The Morgan fingerprint density at radius 3 is 2.87 bits per heavy atom. The van der Waals surface area contributed by atoms with E-state index in [-0.39, 0.29) is 10.7 Å². The van der Waals surface area contributed by atoms with Crippen LogP contribution in [0.3, 0.4) is 0 Å². The highest BCUT2D eigenvalue weighted by Gasteiger charge is 2.08. The molecule has 1 aromatic carbocycles. The lowest BCUT2D eigenvalue weighted by atomic mass is 10.3. The fourth-order valence-corrected chi connectivity index (χ4v) is 1.32. The zero-order valence-electron chi connectivity index (χ0n) is 7.59. The van der Waals surface area contributed by atoms with Crippen LogP contribution in [0.25, 0.3) is 0 Å². The molecule has 0 aliphatic carbocycles. The van der Waals surface area contributed by atoms with Crippen molar-refractivity contribution in [3.8, 4) is 0 Å². The van der Waals surface area contributed by atoms with Gasteiger partial charge in [-0.05, 0) is 12.1 Å². The van der Waals surface area contributed by atoms with Crippen LogP contribution in [0.2, 0.25) is 5.02 Å². The molecule has 0 radical (unpaired) electrons. The van der Waals surface area contributed by atoms with Gasteiger partial charge in [-0.2, -0.15) is 5.10 Å². The van der Waals surface area contributed by atoms with E-state index < -0.39 is 5.82 Å². The van der Waals surface area contributed by atoms with Gasteiger partial charge in [0.05, 0.1) is 16.9 Å². The Morgan fingerprint density at radius 1 is 1.40 bits per heavy atom. The van der Waals surface area contributed by atoms with Crippen LogP contribution in [-0.4, -0.2) is 10.2 Å². The van der Waals surface area contributed by atoms with Gasteiger partial charge >= 0.3 is 0 Å². The van der Waals surface area contributed by atoms with E-state index in [0.29, 0.717) is 11.5 Å². The lowest BCUT2D eigenvalue weighted by Crippen LogP contribution is -1.96. The Bertz CT molecular complexity index is 483. The van der Waals surface area contributed by atoms with Crippen molar-refractivity contribution in [3.63, 3.8) is 0 Å². The Hall–Kier alpha value is -1.75. The molecule has 0 aliphatic rings. The predicted molar refractivity (Wildman–Crippen MR) is 57.7 cm³/mol. The first-order valence-corrected chi connectivity index (χ1v) is 4.56. The summed E-state index contributed by atoms with van der Waals surface area (Å²) in [7, 11) is 0. The van der Waals surface area contributed by atoms with Gasteiger partial charge in [-0.3, -0.25) is 5.10 Å². The Morgan fingerprint density at radius 2 is 2.20 bits per heavy atom. The molecule has 0 amide bonds. The Labute approximate surface area is 90.2 Å². The molecule has 0 saturated heterocycles. The fraction of sp³-hybridized carbons (Fsp3) is 0. The molecule has 78 valence electrons. The molecule has 0 saturated carbocycles. The molecular weight excluding hydrogens is 219 g/mol. The summed E-state index contributed by atoms with van der Waals surface area (Å²) in [5.41, 5.74) is 6.31. The van der Waals surface area contributed by atoms with E-state index >= 15 is 0 Å². The molecule has 2 rings (SSSR count). The monoisotopic (exact) mass is 226 g/mol. The molecular formula is C9H8ClFN4. The number of rotatable bonds is 2. The van der Waals surface area contributed by atoms with Gasteiger partial charge in [-0.1, -0.05) is 17.7 Å². The van der Waals surface area contributed by atoms with Crippen molar-refractivity contribution in [3.05, 3.63) is 35.2 Å². The molecule has 15 heavy (non-hydrogen) atoms. The first-order valence-electron chi connectivity index (χ1n) is 4.18. The molecule has 0 fully saturated rings. The number of H-pyrrole nitrogens is 1. The summed E-state index contributed by atoms with van der Waals surface area (Å²) >= 11 is 5.62. The SMILES string of the molecule is Nc1[nH]ncc1Nc1cccc(Cl)c1F. The van der Waals surface area contributed by atoms with Crippen molar-refractivity contribution in [1.29, 1.82) is 0 Å². The number of hydrogen-bond donors (Lipinski definition) is 3. The normalized spacial score (nSPS) is 10.3. The molecule has 0 unspecified atom stereocenters. The minimum Gasteiger partial charge on any atom is -0.382 e. The summed E-state index contributed by atoms with van der Waals surface area (Å²) in [6.45, 7) is 0. The van der Waals surface area contributed by atoms with E-state index in [2.05, 4.69) is 15.5 Å². The maximum Gasteiger partial charge on any atom is 0.165 e. The maximum absolute atomic E-state index is 13.5. The van der Waals surface area contributed by atoms with E-state index in [1.807, 2.05) is 0 Å². The zero-order chi connectivity index (χ0) is 10.8. The number of benzene rings is 1. The van der Waals surface area contributed by atoms with Gasteiger partial charge in [0.1, 0.15) is 11.5 Å². The topological polar surface area (TPSA) is 66.7 Å². The lowest BCUT2D eigenvalue weighted by Gasteiger charge is -2.06. The molecule has 6 heteroatoms. The predicted octanol–water partition coefficient (Wildman–Crippen LogP) is 2.53. The molecule has 0 bridgehead atoms. The van der Waals surface area contributed by atoms with Gasteiger partial charge in [0.2, 0.25) is 0 Å².